The van der Waals surface area contributed by atoms with Crippen molar-refractivity contribution in [1.29, 1.82) is 0 Å². The number of hydrogen-bond acceptors (Lipinski definition) is 3. The van der Waals surface area contributed by atoms with Crippen LogP contribution in [0.4, 0.5) is 0 Å². The second kappa shape index (κ2) is 11.2. The summed E-state index contributed by atoms with van der Waals surface area (Å²) < 4.78 is 0. The van der Waals surface area contributed by atoms with E-state index in [9.17, 15) is 0 Å². The average molecular weight is 436 g/mol. The number of thiophene rings is 1. The molecule has 0 radical (unpaired) electrons. The number of likely N-dealkylation sites (tertiary alicyclic amines) is 1. The van der Waals surface area contributed by atoms with Crippen LogP contribution < -0.4 is 10.6 Å². The smallest absolute Gasteiger partial charge is 0.191 e. The molecule has 22 heavy (non-hydrogen) atoms. The number of rotatable bonds is 6. The molecule has 1 aromatic heterocycles. The fraction of sp³-hybridized carbons (Fsp3) is 0.688. The maximum absolute atomic E-state index is 4.34. The molecule has 2 heterocycles. The van der Waals surface area contributed by atoms with Crippen molar-refractivity contribution in [3.05, 3.63) is 22.4 Å². The molecule has 0 saturated carbocycles. The van der Waals surface area contributed by atoms with Crippen LogP contribution in [0.2, 0.25) is 0 Å². The van der Waals surface area contributed by atoms with Gasteiger partial charge in [-0.15, -0.1) is 35.3 Å². The van der Waals surface area contributed by atoms with Crippen LogP contribution in [0.25, 0.3) is 0 Å². The van der Waals surface area contributed by atoms with E-state index >= 15 is 0 Å². The second-order valence-corrected chi connectivity index (χ2v) is 6.62. The van der Waals surface area contributed by atoms with Crippen LogP contribution in [-0.2, 0) is 6.42 Å². The standard InChI is InChI=1S/C16H28N4S.HI/c1-3-10-20-11-7-14(8-12-20)19-16(17-2)18-9-6-15-5-4-13-21-15;/h4-5,13-14H,3,6-12H2,1-2H3,(H2,17,18,19);1H. The lowest BCUT2D eigenvalue weighted by atomic mass is 10.1. The van der Waals surface area contributed by atoms with Crippen molar-refractivity contribution in [2.75, 3.05) is 33.2 Å². The van der Waals surface area contributed by atoms with E-state index in [0.29, 0.717) is 6.04 Å². The molecular formula is C16H29IN4S. The van der Waals surface area contributed by atoms with Crippen LogP contribution in [0.5, 0.6) is 0 Å². The van der Waals surface area contributed by atoms with E-state index in [1.54, 1.807) is 0 Å². The maximum Gasteiger partial charge on any atom is 0.191 e. The lowest BCUT2D eigenvalue weighted by molar-refractivity contribution is 0.206. The van der Waals surface area contributed by atoms with Gasteiger partial charge in [0.25, 0.3) is 0 Å². The largest absolute Gasteiger partial charge is 0.356 e. The third kappa shape index (κ3) is 6.83. The molecule has 6 heteroatoms. The fourth-order valence-electron chi connectivity index (χ4n) is 2.76. The first-order chi connectivity index (χ1) is 10.3. The van der Waals surface area contributed by atoms with E-state index in [0.717, 1.165) is 18.9 Å². The molecule has 2 N–H and O–H groups in total. The summed E-state index contributed by atoms with van der Waals surface area (Å²) in [4.78, 5) is 8.32. The molecule has 1 saturated heterocycles. The lowest BCUT2D eigenvalue weighted by Gasteiger charge is -2.32. The van der Waals surface area contributed by atoms with Gasteiger partial charge < -0.3 is 15.5 Å². The van der Waals surface area contributed by atoms with E-state index in [-0.39, 0.29) is 24.0 Å². The molecular weight excluding hydrogens is 407 g/mol. The zero-order chi connectivity index (χ0) is 14.9. The van der Waals surface area contributed by atoms with Gasteiger partial charge in [-0.3, -0.25) is 4.99 Å². The Morgan fingerprint density at radius 2 is 2.18 bits per heavy atom. The monoisotopic (exact) mass is 436 g/mol. The molecule has 4 nitrogen and oxygen atoms in total. The molecule has 0 aromatic carbocycles. The first-order valence-corrected chi connectivity index (χ1v) is 8.91. The van der Waals surface area contributed by atoms with Gasteiger partial charge in [-0.05, 0) is 43.7 Å². The number of halogens is 1. The second-order valence-electron chi connectivity index (χ2n) is 5.59. The van der Waals surface area contributed by atoms with Gasteiger partial charge in [0.15, 0.2) is 5.96 Å². The zero-order valence-electron chi connectivity index (χ0n) is 13.7. The van der Waals surface area contributed by atoms with Crippen LogP contribution >= 0.6 is 35.3 Å². The van der Waals surface area contributed by atoms with E-state index in [1.165, 1.54) is 43.8 Å². The number of nitrogens with one attached hydrogen (secondary N) is 2. The van der Waals surface area contributed by atoms with Gasteiger partial charge in [-0.2, -0.15) is 0 Å². The third-order valence-corrected chi connectivity index (χ3v) is 4.87. The summed E-state index contributed by atoms with van der Waals surface area (Å²) in [5.74, 6) is 0.945. The molecule has 0 unspecified atom stereocenters. The molecule has 0 amide bonds. The Balaban J connectivity index is 0.00000242. The number of hydrogen-bond donors (Lipinski definition) is 2. The minimum absolute atomic E-state index is 0. The van der Waals surface area contributed by atoms with Gasteiger partial charge >= 0.3 is 0 Å². The van der Waals surface area contributed by atoms with Crippen LogP contribution in [0, 0.1) is 0 Å². The summed E-state index contributed by atoms with van der Waals surface area (Å²) in [6.07, 6.45) is 4.74. The van der Waals surface area contributed by atoms with Gasteiger partial charge in [-0.1, -0.05) is 13.0 Å². The zero-order valence-corrected chi connectivity index (χ0v) is 16.8. The minimum atomic E-state index is 0. The Labute approximate surface area is 155 Å². The molecule has 1 fully saturated rings. The first kappa shape index (κ1) is 19.7. The van der Waals surface area contributed by atoms with Gasteiger partial charge in [-0.25, -0.2) is 0 Å². The van der Waals surface area contributed by atoms with E-state index < -0.39 is 0 Å². The molecule has 1 aromatic rings. The summed E-state index contributed by atoms with van der Waals surface area (Å²) in [5, 5.41) is 9.12. The number of nitrogens with zero attached hydrogens (tertiary/aromatic N) is 2. The van der Waals surface area contributed by atoms with E-state index in [4.69, 9.17) is 0 Å². The molecule has 1 aliphatic rings. The average Bonchev–Trinajstić information content (AvgIpc) is 3.01. The molecule has 0 atom stereocenters. The van der Waals surface area contributed by atoms with Crippen LogP contribution in [-0.4, -0.2) is 50.1 Å². The van der Waals surface area contributed by atoms with Crippen molar-refractivity contribution in [3.8, 4) is 0 Å². The Bertz CT molecular complexity index is 414. The van der Waals surface area contributed by atoms with Gasteiger partial charge in [0.1, 0.15) is 0 Å². The number of piperidine rings is 1. The highest BCUT2D eigenvalue weighted by atomic mass is 127. The van der Waals surface area contributed by atoms with E-state index in [1.807, 2.05) is 18.4 Å². The van der Waals surface area contributed by atoms with Crippen LogP contribution in [0.1, 0.15) is 31.1 Å². The van der Waals surface area contributed by atoms with Crippen molar-refractivity contribution in [2.24, 2.45) is 4.99 Å². The third-order valence-electron chi connectivity index (χ3n) is 3.94. The molecule has 1 aliphatic heterocycles. The van der Waals surface area contributed by atoms with Crippen LogP contribution in [0.15, 0.2) is 22.5 Å². The first-order valence-electron chi connectivity index (χ1n) is 8.03. The highest BCUT2D eigenvalue weighted by molar-refractivity contribution is 14.0. The Morgan fingerprint density at radius 1 is 1.41 bits per heavy atom. The predicted octanol–water partition coefficient (Wildman–Crippen LogP) is 2.95. The highest BCUT2D eigenvalue weighted by Gasteiger charge is 2.19. The van der Waals surface area contributed by atoms with Crippen molar-refractivity contribution in [3.63, 3.8) is 0 Å². The summed E-state index contributed by atoms with van der Waals surface area (Å²) in [6.45, 7) is 6.84. The number of aliphatic imine (C=N–C) groups is 1. The summed E-state index contributed by atoms with van der Waals surface area (Å²) in [5.41, 5.74) is 0. The van der Waals surface area contributed by atoms with Gasteiger partial charge in [0.05, 0.1) is 0 Å². The SMILES string of the molecule is CCCN1CCC(NC(=NC)NCCc2cccs2)CC1.I. The predicted molar refractivity (Wildman–Crippen MR) is 108 cm³/mol. The molecule has 2 rings (SSSR count). The fourth-order valence-corrected chi connectivity index (χ4v) is 3.47. The van der Waals surface area contributed by atoms with Crippen molar-refractivity contribution in [2.45, 2.75) is 38.6 Å². The lowest BCUT2D eigenvalue weighted by Crippen LogP contribution is -2.49. The molecule has 0 bridgehead atoms. The van der Waals surface area contributed by atoms with Gasteiger partial charge in [0, 0.05) is 37.6 Å². The van der Waals surface area contributed by atoms with Crippen molar-refractivity contribution < 1.29 is 0 Å². The molecule has 0 aliphatic carbocycles. The van der Waals surface area contributed by atoms with Gasteiger partial charge in [0.2, 0.25) is 0 Å². The van der Waals surface area contributed by atoms with Crippen molar-refractivity contribution >= 4 is 41.3 Å². The summed E-state index contributed by atoms with van der Waals surface area (Å²) >= 11 is 1.82. The van der Waals surface area contributed by atoms with Crippen molar-refractivity contribution in [1.82, 2.24) is 15.5 Å². The van der Waals surface area contributed by atoms with Crippen LogP contribution in [0.3, 0.4) is 0 Å². The quantitative estimate of drug-likeness (QED) is 0.409. The van der Waals surface area contributed by atoms with E-state index in [2.05, 4.69) is 45.0 Å². The normalized spacial score (nSPS) is 17.1. The molecule has 126 valence electrons. The Morgan fingerprint density at radius 3 is 2.77 bits per heavy atom. The highest BCUT2D eigenvalue weighted by Crippen LogP contribution is 2.10. The molecule has 0 spiro atoms. The number of guanidine groups is 1. The topological polar surface area (TPSA) is 39.7 Å². The summed E-state index contributed by atoms with van der Waals surface area (Å²) in [6, 6.07) is 4.86. The maximum atomic E-state index is 4.34. The summed E-state index contributed by atoms with van der Waals surface area (Å²) in [7, 11) is 1.85. The Kier molecular flexibility index (Phi) is 10.1. The Hall–Kier alpha value is -0.340. The minimum Gasteiger partial charge on any atom is -0.356 e.